The van der Waals surface area contributed by atoms with Gasteiger partial charge in [0.2, 0.25) is 0 Å². The van der Waals surface area contributed by atoms with Gasteiger partial charge in [0.25, 0.3) is 0 Å². The van der Waals surface area contributed by atoms with Gasteiger partial charge in [-0.3, -0.25) is 0 Å². The third kappa shape index (κ3) is 3.49. The maximum atomic E-state index is 9.16. The molecule has 0 aromatic rings. The van der Waals surface area contributed by atoms with Gasteiger partial charge in [-0.2, -0.15) is 0 Å². The highest BCUT2D eigenvalue weighted by molar-refractivity contribution is 4.93. The summed E-state index contributed by atoms with van der Waals surface area (Å²) >= 11 is 0. The molecule has 1 fully saturated rings. The van der Waals surface area contributed by atoms with E-state index < -0.39 is 0 Å². The summed E-state index contributed by atoms with van der Waals surface area (Å²) < 4.78 is 0. The summed E-state index contributed by atoms with van der Waals surface area (Å²) in [4.78, 5) is 0. The van der Waals surface area contributed by atoms with E-state index in [0.717, 1.165) is 6.54 Å². The van der Waals surface area contributed by atoms with Crippen LogP contribution in [0.5, 0.6) is 0 Å². The molecule has 1 rings (SSSR count). The second-order valence-corrected chi connectivity index (χ2v) is 4.17. The van der Waals surface area contributed by atoms with Crippen molar-refractivity contribution in [3.63, 3.8) is 0 Å². The first kappa shape index (κ1) is 10.7. The lowest BCUT2D eigenvalue weighted by Gasteiger charge is -2.31. The molecule has 1 aliphatic carbocycles. The number of nitrogens with one attached hydrogen (secondary N) is 1. The van der Waals surface area contributed by atoms with Gasteiger partial charge in [0, 0.05) is 19.2 Å². The zero-order chi connectivity index (χ0) is 9.68. The van der Waals surface area contributed by atoms with Gasteiger partial charge in [0.15, 0.2) is 0 Å². The molecule has 1 aliphatic rings. The van der Waals surface area contributed by atoms with Crippen molar-refractivity contribution < 1.29 is 5.11 Å². The van der Waals surface area contributed by atoms with Gasteiger partial charge in [0.05, 0.1) is 0 Å². The van der Waals surface area contributed by atoms with E-state index >= 15 is 0 Å². The van der Waals surface area contributed by atoms with Crippen LogP contribution in [0, 0.1) is 5.92 Å². The molecule has 1 saturated carbocycles. The largest absolute Gasteiger partial charge is 0.396 e. The van der Waals surface area contributed by atoms with E-state index in [1.165, 1.54) is 31.3 Å². The average molecular weight is 183 g/mol. The molecule has 0 saturated heterocycles. The van der Waals surface area contributed by atoms with Crippen molar-refractivity contribution in [3.05, 3.63) is 12.2 Å². The Morgan fingerprint density at radius 2 is 2.15 bits per heavy atom. The summed E-state index contributed by atoms with van der Waals surface area (Å²) in [6.45, 7) is 7.11. The molecule has 2 unspecified atom stereocenters. The van der Waals surface area contributed by atoms with Crippen LogP contribution < -0.4 is 5.32 Å². The Bertz CT molecular complexity index is 167. The predicted octanol–water partition coefficient (Wildman–Crippen LogP) is 1.70. The standard InChI is InChI=1S/C11H21NO/c1-9(2)7-12-11-6-4-3-5-10(11)8-13/h10-13H,1,3-8H2,2H3. The normalized spacial score (nSPS) is 28.8. The van der Waals surface area contributed by atoms with Crippen LogP contribution in [0.4, 0.5) is 0 Å². The molecule has 0 radical (unpaired) electrons. The van der Waals surface area contributed by atoms with E-state index in [4.69, 9.17) is 5.11 Å². The maximum absolute atomic E-state index is 9.16. The van der Waals surface area contributed by atoms with Gasteiger partial charge < -0.3 is 10.4 Å². The topological polar surface area (TPSA) is 32.3 Å². The molecule has 2 heteroatoms. The fraction of sp³-hybridized carbons (Fsp3) is 0.818. The highest BCUT2D eigenvalue weighted by Gasteiger charge is 2.23. The molecule has 0 spiro atoms. The van der Waals surface area contributed by atoms with Crippen LogP contribution in [0.1, 0.15) is 32.6 Å². The van der Waals surface area contributed by atoms with Crippen molar-refractivity contribution in [2.75, 3.05) is 13.2 Å². The van der Waals surface area contributed by atoms with Gasteiger partial charge in [-0.1, -0.05) is 25.0 Å². The smallest absolute Gasteiger partial charge is 0.0474 e. The summed E-state index contributed by atoms with van der Waals surface area (Å²) in [5.41, 5.74) is 1.17. The molecule has 0 aromatic heterocycles. The van der Waals surface area contributed by atoms with E-state index in [1.54, 1.807) is 0 Å². The molecule has 2 atom stereocenters. The Balaban J connectivity index is 2.31. The lowest BCUT2D eigenvalue weighted by molar-refractivity contribution is 0.155. The molecular weight excluding hydrogens is 162 g/mol. The second-order valence-electron chi connectivity index (χ2n) is 4.17. The summed E-state index contributed by atoms with van der Waals surface area (Å²) in [6.07, 6.45) is 4.95. The molecule has 2 nitrogen and oxygen atoms in total. The van der Waals surface area contributed by atoms with E-state index in [1.807, 2.05) is 6.92 Å². The van der Waals surface area contributed by atoms with Crippen molar-refractivity contribution in [1.82, 2.24) is 5.32 Å². The van der Waals surface area contributed by atoms with Crippen LogP contribution in [0.2, 0.25) is 0 Å². The molecule has 2 N–H and O–H groups in total. The first-order valence-corrected chi connectivity index (χ1v) is 5.22. The first-order chi connectivity index (χ1) is 6.24. The summed E-state index contributed by atoms with van der Waals surface area (Å²) in [5.74, 6) is 0.466. The monoisotopic (exact) mass is 183 g/mol. The van der Waals surface area contributed by atoms with Crippen molar-refractivity contribution in [2.45, 2.75) is 38.6 Å². The molecule has 0 amide bonds. The zero-order valence-corrected chi connectivity index (χ0v) is 8.55. The quantitative estimate of drug-likeness (QED) is 0.650. The Kier molecular flexibility index (Phi) is 4.46. The molecule has 0 bridgehead atoms. The highest BCUT2D eigenvalue weighted by Crippen LogP contribution is 2.23. The van der Waals surface area contributed by atoms with E-state index in [2.05, 4.69) is 11.9 Å². The van der Waals surface area contributed by atoms with Gasteiger partial charge in [-0.15, -0.1) is 0 Å². The van der Waals surface area contributed by atoms with Crippen molar-refractivity contribution in [1.29, 1.82) is 0 Å². The van der Waals surface area contributed by atoms with Crippen LogP contribution in [0.3, 0.4) is 0 Å². The first-order valence-electron chi connectivity index (χ1n) is 5.22. The molecule has 0 heterocycles. The summed E-state index contributed by atoms with van der Waals surface area (Å²) in [7, 11) is 0. The minimum Gasteiger partial charge on any atom is -0.396 e. The predicted molar refractivity (Wildman–Crippen MR) is 55.6 cm³/mol. The number of hydrogen-bond acceptors (Lipinski definition) is 2. The van der Waals surface area contributed by atoms with Gasteiger partial charge in [-0.05, 0) is 25.7 Å². The Morgan fingerprint density at radius 1 is 1.46 bits per heavy atom. The SMILES string of the molecule is C=C(C)CNC1CCCCC1CO. The molecule has 0 aliphatic heterocycles. The highest BCUT2D eigenvalue weighted by atomic mass is 16.3. The Labute approximate surface area is 81.0 Å². The lowest BCUT2D eigenvalue weighted by Crippen LogP contribution is -2.40. The minimum atomic E-state index is 0.327. The summed E-state index contributed by atoms with van der Waals surface area (Å²) in [5, 5.41) is 12.6. The lowest BCUT2D eigenvalue weighted by atomic mass is 9.85. The van der Waals surface area contributed by atoms with Crippen molar-refractivity contribution in [3.8, 4) is 0 Å². The molecule has 76 valence electrons. The van der Waals surface area contributed by atoms with E-state index in [0.29, 0.717) is 18.6 Å². The fourth-order valence-electron chi connectivity index (χ4n) is 2.00. The van der Waals surface area contributed by atoms with Crippen LogP contribution in [-0.2, 0) is 0 Å². The number of aliphatic hydroxyl groups is 1. The maximum Gasteiger partial charge on any atom is 0.0474 e. The van der Waals surface area contributed by atoms with Crippen LogP contribution in [-0.4, -0.2) is 24.3 Å². The minimum absolute atomic E-state index is 0.327. The molecular formula is C11H21NO. The number of rotatable bonds is 4. The summed E-state index contributed by atoms with van der Waals surface area (Å²) in [6, 6.07) is 0.510. The van der Waals surface area contributed by atoms with Gasteiger partial charge >= 0.3 is 0 Å². The second kappa shape index (κ2) is 5.40. The Hall–Kier alpha value is -0.340. The van der Waals surface area contributed by atoms with Crippen LogP contribution in [0.15, 0.2) is 12.2 Å². The zero-order valence-electron chi connectivity index (χ0n) is 8.55. The fourth-order valence-corrected chi connectivity index (χ4v) is 2.00. The molecule has 0 aromatic carbocycles. The van der Waals surface area contributed by atoms with E-state index in [9.17, 15) is 0 Å². The van der Waals surface area contributed by atoms with Crippen molar-refractivity contribution in [2.24, 2.45) is 5.92 Å². The molecule has 13 heavy (non-hydrogen) atoms. The average Bonchev–Trinajstić information content (AvgIpc) is 2.15. The van der Waals surface area contributed by atoms with Gasteiger partial charge in [0.1, 0.15) is 0 Å². The third-order valence-electron chi connectivity index (χ3n) is 2.81. The third-order valence-corrected chi connectivity index (χ3v) is 2.81. The Morgan fingerprint density at radius 3 is 2.77 bits per heavy atom. The van der Waals surface area contributed by atoms with Gasteiger partial charge in [-0.25, -0.2) is 0 Å². The number of hydrogen-bond donors (Lipinski definition) is 2. The van der Waals surface area contributed by atoms with E-state index in [-0.39, 0.29) is 0 Å². The van der Waals surface area contributed by atoms with Crippen LogP contribution in [0.25, 0.3) is 0 Å². The van der Waals surface area contributed by atoms with Crippen molar-refractivity contribution >= 4 is 0 Å². The van der Waals surface area contributed by atoms with Crippen LogP contribution >= 0.6 is 0 Å². The number of aliphatic hydroxyl groups excluding tert-OH is 1.